The van der Waals surface area contributed by atoms with Crippen molar-refractivity contribution in [1.82, 2.24) is 4.90 Å². The number of likely N-dealkylation sites (N-methyl/N-ethyl adjacent to an activating group) is 1. The summed E-state index contributed by atoms with van der Waals surface area (Å²) in [6, 6.07) is -0.758. The molecule has 6 N–H and O–H groups in total. The lowest BCUT2D eigenvalue weighted by atomic mass is 9.73. The van der Waals surface area contributed by atoms with E-state index in [1.807, 2.05) is 0 Å². The Bertz CT molecular complexity index is 1260. The molecule has 326 valence electrons. The van der Waals surface area contributed by atoms with E-state index in [1.54, 1.807) is 60.5 Å². The van der Waals surface area contributed by atoms with E-state index in [0.717, 1.165) is 0 Å². The van der Waals surface area contributed by atoms with Gasteiger partial charge in [0.25, 0.3) is 0 Å². The van der Waals surface area contributed by atoms with Gasteiger partial charge in [-0.05, 0) is 60.0 Å². The summed E-state index contributed by atoms with van der Waals surface area (Å²) < 4.78 is 48.5. The molecule has 2 bridgehead atoms. The molecule has 4 heterocycles. The molecule has 0 radical (unpaired) electrons. The monoisotopic (exact) mass is 807 g/mol. The van der Waals surface area contributed by atoms with Crippen LogP contribution in [-0.4, -0.2) is 180 Å². The van der Waals surface area contributed by atoms with Gasteiger partial charge >= 0.3 is 5.97 Å². The molecule has 4 aliphatic rings. The van der Waals surface area contributed by atoms with Crippen molar-refractivity contribution in [1.29, 1.82) is 0 Å². The minimum atomic E-state index is -1.85. The highest BCUT2D eigenvalue weighted by Crippen LogP contribution is 2.45. The van der Waals surface area contributed by atoms with Crippen LogP contribution in [0.5, 0.6) is 0 Å². The molecule has 0 saturated carbocycles. The van der Waals surface area contributed by atoms with Gasteiger partial charge in [-0.25, -0.2) is 0 Å². The molecule has 0 spiro atoms. The molecule has 56 heavy (non-hydrogen) atoms. The number of aliphatic hydroxyl groups is 6. The highest BCUT2D eigenvalue weighted by atomic mass is 16.7. The zero-order chi connectivity index (χ0) is 41.9. The van der Waals surface area contributed by atoms with Crippen LogP contribution in [0.15, 0.2) is 0 Å². The summed E-state index contributed by atoms with van der Waals surface area (Å²) in [6.45, 7) is 9.93. The summed E-state index contributed by atoms with van der Waals surface area (Å²) in [5.74, 6) is -5.68. The zero-order valence-corrected chi connectivity index (χ0v) is 34.6. The van der Waals surface area contributed by atoms with Crippen LogP contribution in [0.1, 0.15) is 80.1 Å². The molecular weight excluding hydrogens is 738 g/mol. The summed E-state index contributed by atoms with van der Waals surface area (Å²) in [6.07, 6.45) is -12.5. The van der Waals surface area contributed by atoms with Crippen LogP contribution in [0.2, 0.25) is 0 Å². The Balaban J connectivity index is 1.71. The lowest BCUT2D eigenvalue weighted by Gasteiger charge is -2.52. The number of hydrogen-bond acceptors (Lipinski definition) is 17. The number of aldehydes is 1. The molecule has 17 nitrogen and oxygen atoms in total. The molecular formula is C39H69NO16. The normalized spacial score (nSPS) is 48.6. The van der Waals surface area contributed by atoms with Gasteiger partial charge < -0.3 is 78.2 Å². The largest absolute Gasteiger partial charge is 0.462 e. The first-order valence-electron chi connectivity index (χ1n) is 20.0. The molecule has 17 heteroatoms. The maximum absolute atomic E-state index is 13.7. The second kappa shape index (κ2) is 19.8. The van der Waals surface area contributed by atoms with Crippen LogP contribution in [-0.2, 0) is 47.5 Å². The van der Waals surface area contributed by atoms with E-state index >= 15 is 0 Å². The van der Waals surface area contributed by atoms with Gasteiger partial charge in [-0.3, -0.25) is 4.79 Å². The van der Waals surface area contributed by atoms with Gasteiger partial charge in [0.15, 0.2) is 18.4 Å². The van der Waals surface area contributed by atoms with Gasteiger partial charge in [0.1, 0.15) is 36.8 Å². The first-order chi connectivity index (χ1) is 26.2. The Morgan fingerprint density at radius 2 is 1.52 bits per heavy atom. The number of hydrogen-bond donors (Lipinski definition) is 6. The van der Waals surface area contributed by atoms with Crippen LogP contribution in [0.3, 0.4) is 0 Å². The number of nitrogens with zero attached hydrogens (tertiary/aromatic N) is 1. The lowest BCUT2D eigenvalue weighted by Crippen LogP contribution is -2.63. The summed E-state index contributed by atoms with van der Waals surface area (Å²) in [4.78, 5) is 27.7. The third kappa shape index (κ3) is 10.3. The molecule has 0 amide bonds. The van der Waals surface area contributed by atoms with E-state index in [0.29, 0.717) is 6.29 Å². The average molecular weight is 808 g/mol. The number of methoxy groups -OCH3 is 2. The van der Waals surface area contributed by atoms with Gasteiger partial charge in [0.05, 0.1) is 61.3 Å². The molecule has 0 aliphatic carbocycles. The van der Waals surface area contributed by atoms with Crippen LogP contribution < -0.4 is 0 Å². The topological polar surface area (TPSA) is 233 Å². The number of aliphatic hydroxyl groups excluding tert-OH is 4. The fourth-order valence-corrected chi connectivity index (χ4v) is 9.07. The van der Waals surface area contributed by atoms with Crippen molar-refractivity contribution >= 4 is 12.3 Å². The highest BCUT2D eigenvalue weighted by Gasteiger charge is 2.55. The zero-order valence-electron chi connectivity index (χ0n) is 34.6. The number of fused-ring (bicyclic) bond motifs is 2. The van der Waals surface area contributed by atoms with Crippen molar-refractivity contribution in [3.8, 4) is 0 Å². The fraction of sp³-hybridized carbons (Fsp3) is 0.949. The Morgan fingerprint density at radius 1 is 0.893 bits per heavy atom. The number of cyclic esters (lactones) is 1. The Morgan fingerprint density at radius 3 is 2.11 bits per heavy atom. The van der Waals surface area contributed by atoms with Crippen LogP contribution in [0.4, 0.5) is 0 Å². The number of rotatable bonds is 11. The summed E-state index contributed by atoms with van der Waals surface area (Å²) in [5.41, 5.74) is -1.54. The summed E-state index contributed by atoms with van der Waals surface area (Å²) in [7, 11) is 6.29. The van der Waals surface area contributed by atoms with Gasteiger partial charge in [-0.2, -0.15) is 0 Å². The van der Waals surface area contributed by atoms with E-state index in [9.17, 15) is 40.2 Å². The van der Waals surface area contributed by atoms with E-state index in [2.05, 4.69) is 0 Å². The smallest absolute Gasteiger partial charge is 0.308 e. The SMILES string of the molecule is CC[C@H]1OC(=O)C[C@@H](O)[C@H](C)[C@@H](O[C@@H]2O[C@H](C)[C@@H](O)[C@H](N(C)C)[C@H]2O)[C@@H](CC=O)C[C@@H](C)C2(O)CCC(C)(O)C(O2)[C@@H]1CO[C@@H]1O[C@H](C)[C@@H](O)[C@@H](OC)[C@H]1OC. The third-order valence-corrected chi connectivity index (χ3v) is 12.7. The second-order valence-electron chi connectivity index (χ2n) is 17.0. The molecule has 20 atom stereocenters. The molecule has 0 aromatic carbocycles. The number of esters is 1. The van der Waals surface area contributed by atoms with Gasteiger partial charge in [0, 0.05) is 44.8 Å². The summed E-state index contributed by atoms with van der Waals surface area (Å²) in [5, 5.41) is 68.7. The first kappa shape index (κ1) is 47.3. The molecule has 4 aliphatic heterocycles. The van der Waals surface area contributed by atoms with Gasteiger partial charge in [-0.1, -0.05) is 20.8 Å². The van der Waals surface area contributed by atoms with Crippen LogP contribution in [0, 0.1) is 23.7 Å². The van der Waals surface area contributed by atoms with Crippen molar-refractivity contribution in [3.05, 3.63) is 0 Å². The molecule has 4 rings (SSSR count). The minimum Gasteiger partial charge on any atom is -0.462 e. The molecule has 0 aromatic rings. The van der Waals surface area contributed by atoms with Gasteiger partial charge in [-0.15, -0.1) is 0 Å². The van der Waals surface area contributed by atoms with E-state index in [1.165, 1.54) is 14.2 Å². The standard InChI is InChI=1S/C39H69NO16/c1-11-26-24(18-51-37-34(50-10)33(49-9)30(45)22(5)53-37)35-38(6,47)13-14-39(48,56-35)19(2)16-23(12-15-41)32(20(3)25(42)17-27(43)54-26)55-36-31(46)28(40(7)8)29(44)21(4)52-36/h15,19-26,28-37,42,44-48H,11-14,16-18H2,1-10H3/t19-,20+,21-,22-,23+,24-,25-,26-,28+,29-,30-,31-,32-,33-,34-,35?,36+,37-,38?,39?/m1/s1. The first-order valence-corrected chi connectivity index (χ1v) is 20.0. The quantitative estimate of drug-likeness (QED) is 0.120. The number of ether oxygens (including phenoxy) is 8. The van der Waals surface area contributed by atoms with Crippen molar-refractivity contribution < 1.29 is 78.1 Å². The maximum Gasteiger partial charge on any atom is 0.308 e. The molecule has 3 unspecified atom stereocenters. The number of carbonyl (C=O) groups is 2. The highest BCUT2D eigenvalue weighted by molar-refractivity contribution is 5.70. The fourth-order valence-electron chi connectivity index (χ4n) is 9.07. The van der Waals surface area contributed by atoms with Crippen molar-refractivity contribution in [2.24, 2.45) is 23.7 Å². The maximum atomic E-state index is 13.7. The van der Waals surface area contributed by atoms with Crippen LogP contribution >= 0.6 is 0 Å². The number of carbonyl (C=O) groups excluding carboxylic acids is 2. The van der Waals surface area contributed by atoms with E-state index in [4.69, 9.17) is 37.9 Å². The Labute approximate surface area is 330 Å². The summed E-state index contributed by atoms with van der Waals surface area (Å²) >= 11 is 0. The van der Waals surface area contributed by atoms with E-state index < -0.39 is 133 Å². The van der Waals surface area contributed by atoms with E-state index in [-0.39, 0.29) is 38.7 Å². The molecule has 4 saturated heterocycles. The average Bonchev–Trinajstić information content (AvgIpc) is 3.13. The predicted octanol–water partition coefficient (Wildman–Crippen LogP) is 0.109. The third-order valence-electron chi connectivity index (χ3n) is 12.7. The Kier molecular flexibility index (Phi) is 16.7. The van der Waals surface area contributed by atoms with Gasteiger partial charge in [0.2, 0.25) is 0 Å². The predicted molar refractivity (Wildman–Crippen MR) is 198 cm³/mol. The van der Waals surface area contributed by atoms with Crippen LogP contribution in [0.25, 0.3) is 0 Å². The van der Waals surface area contributed by atoms with Crippen molar-refractivity contribution in [2.75, 3.05) is 34.9 Å². The Hall–Kier alpha value is -1.42. The van der Waals surface area contributed by atoms with Crippen molar-refractivity contribution in [3.63, 3.8) is 0 Å². The van der Waals surface area contributed by atoms with Crippen molar-refractivity contribution in [2.45, 2.75) is 177 Å². The second-order valence-corrected chi connectivity index (χ2v) is 17.0. The molecule has 4 fully saturated rings. The molecule has 0 aromatic heterocycles. The lowest BCUT2D eigenvalue weighted by molar-refractivity contribution is -0.345. The minimum absolute atomic E-state index is 0.0200.